The van der Waals surface area contributed by atoms with Crippen molar-refractivity contribution >= 4 is 46.3 Å². The van der Waals surface area contributed by atoms with Crippen molar-refractivity contribution in [3.8, 4) is 0 Å². The van der Waals surface area contributed by atoms with Crippen molar-refractivity contribution in [2.75, 3.05) is 12.0 Å². The van der Waals surface area contributed by atoms with Crippen molar-refractivity contribution in [2.24, 2.45) is 0 Å². The third-order valence-electron chi connectivity index (χ3n) is 3.49. The van der Waals surface area contributed by atoms with Gasteiger partial charge in [-0.3, -0.25) is 14.5 Å². The van der Waals surface area contributed by atoms with Crippen LogP contribution in [0, 0.1) is 0 Å². The molecule has 3 rings (SSSR count). The molecule has 0 bridgehead atoms. The Kier molecular flexibility index (Phi) is 5.58. The van der Waals surface area contributed by atoms with Gasteiger partial charge in [0, 0.05) is 10.7 Å². The van der Waals surface area contributed by atoms with Gasteiger partial charge in [-0.1, -0.05) is 54.1 Å². The van der Waals surface area contributed by atoms with Gasteiger partial charge in [-0.25, -0.2) is 0 Å². The number of rotatable bonds is 5. The molecule has 0 aromatic heterocycles. The molecular formula is C19H15ClN2O2S. The highest BCUT2D eigenvalue weighted by Gasteiger charge is 2.34. The first kappa shape index (κ1) is 17.3. The second-order valence-corrected chi connectivity index (χ2v) is 6.67. The van der Waals surface area contributed by atoms with Crippen molar-refractivity contribution in [1.29, 1.82) is 0 Å². The summed E-state index contributed by atoms with van der Waals surface area (Å²) in [5.74, 6) is -0.297. The van der Waals surface area contributed by atoms with Crippen molar-refractivity contribution < 1.29 is 9.59 Å². The highest BCUT2D eigenvalue weighted by molar-refractivity contribution is 8.18. The van der Waals surface area contributed by atoms with Crippen LogP contribution in [0.25, 0.3) is 6.08 Å². The molecule has 0 unspecified atom stereocenters. The molecule has 1 saturated heterocycles. The molecule has 4 nitrogen and oxygen atoms in total. The molecule has 1 aliphatic heterocycles. The fourth-order valence-corrected chi connectivity index (χ4v) is 3.12. The van der Waals surface area contributed by atoms with Crippen LogP contribution in [0.15, 0.2) is 71.7 Å². The van der Waals surface area contributed by atoms with Crippen LogP contribution in [0.5, 0.6) is 0 Å². The Hall–Kier alpha value is -2.50. The fourth-order valence-electron chi connectivity index (χ4n) is 2.20. The van der Waals surface area contributed by atoms with Crippen molar-refractivity contribution in [3.05, 3.63) is 82.2 Å². The maximum absolute atomic E-state index is 12.4. The van der Waals surface area contributed by atoms with Gasteiger partial charge in [0.1, 0.15) is 0 Å². The summed E-state index contributed by atoms with van der Waals surface area (Å²) >= 11 is 6.77. The molecule has 1 heterocycles. The van der Waals surface area contributed by atoms with Crippen LogP contribution in [0.4, 0.5) is 10.5 Å². The molecule has 0 spiro atoms. The molecule has 1 aliphatic rings. The molecule has 1 fully saturated rings. The van der Waals surface area contributed by atoms with Gasteiger partial charge < -0.3 is 5.32 Å². The van der Waals surface area contributed by atoms with Crippen molar-refractivity contribution in [2.45, 2.75) is 0 Å². The summed E-state index contributed by atoms with van der Waals surface area (Å²) in [4.78, 5) is 26.0. The number of halogens is 1. The van der Waals surface area contributed by atoms with Crippen LogP contribution in [0.2, 0.25) is 5.02 Å². The number of thioether (sulfide) groups is 1. The van der Waals surface area contributed by atoms with E-state index in [2.05, 4.69) is 5.32 Å². The molecule has 126 valence electrons. The number of nitrogens with zero attached hydrogens (tertiary/aromatic N) is 1. The Balaban J connectivity index is 1.62. The molecule has 0 aliphatic carbocycles. The molecule has 2 aromatic carbocycles. The first-order valence-electron chi connectivity index (χ1n) is 7.60. The third kappa shape index (κ3) is 4.53. The van der Waals surface area contributed by atoms with Crippen LogP contribution in [0.1, 0.15) is 5.56 Å². The lowest BCUT2D eigenvalue weighted by Gasteiger charge is -2.14. The Bertz CT molecular complexity index is 832. The Morgan fingerprint density at radius 2 is 1.76 bits per heavy atom. The highest BCUT2D eigenvalue weighted by atomic mass is 35.5. The fraction of sp³-hybridized carbons (Fsp3) is 0.0526. The van der Waals surface area contributed by atoms with E-state index >= 15 is 0 Å². The SMILES string of the molecule is O=C1SC(=CC=Cc2ccccc2)C(=O)N1CNc1ccc(Cl)cc1. The minimum Gasteiger partial charge on any atom is -0.367 e. The third-order valence-corrected chi connectivity index (χ3v) is 4.67. The van der Waals surface area contributed by atoms with Crippen LogP contribution in [-0.2, 0) is 4.79 Å². The molecular weight excluding hydrogens is 356 g/mol. The zero-order valence-corrected chi connectivity index (χ0v) is 14.8. The zero-order chi connectivity index (χ0) is 17.6. The topological polar surface area (TPSA) is 49.4 Å². The van der Waals surface area contributed by atoms with Gasteiger partial charge in [0.05, 0.1) is 11.6 Å². The molecule has 0 saturated carbocycles. The lowest BCUT2D eigenvalue weighted by atomic mass is 10.2. The van der Waals surface area contributed by atoms with Crippen molar-refractivity contribution in [1.82, 2.24) is 4.90 Å². The number of imide groups is 1. The zero-order valence-electron chi connectivity index (χ0n) is 13.2. The second kappa shape index (κ2) is 8.05. The quantitative estimate of drug-likeness (QED) is 0.752. The van der Waals surface area contributed by atoms with E-state index in [9.17, 15) is 9.59 Å². The standard InChI is InChI=1S/C19H15ClN2O2S/c20-15-9-11-16(12-10-15)21-13-22-18(23)17(25-19(22)24)8-4-7-14-5-2-1-3-6-14/h1-12,21H,13H2. The number of carbonyl (C=O) groups excluding carboxylic acids is 2. The van der Waals surface area contributed by atoms with E-state index in [-0.39, 0.29) is 17.8 Å². The summed E-state index contributed by atoms with van der Waals surface area (Å²) < 4.78 is 0. The maximum atomic E-state index is 12.4. The van der Waals surface area contributed by atoms with Gasteiger partial charge in [0.25, 0.3) is 11.1 Å². The van der Waals surface area contributed by atoms with Crippen molar-refractivity contribution in [3.63, 3.8) is 0 Å². The first-order valence-corrected chi connectivity index (χ1v) is 8.79. The minimum atomic E-state index is -0.297. The van der Waals surface area contributed by atoms with Gasteiger partial charge in [-0.15, -0.1) is 0 Å². The first-order chi connectivity index (χ1) is 12.1. The lowest BCUT2D eigenvalue weighted by Crippen LogP contribution is -2.33. The number of hydrogen-bond acceptors (Lipinski definition) is 4. The second-order valence-electron chi connectivity index (χ2n) is 5.24. The van der Waals surface area contributed by atoms with Gasteiger partial charge in [0.15, 0.2) is 0 Å². The number of carbonyl (C=O) groups is 2. The average molecular weight is 371 g/mol. The van der Waals surface area contributed by atoms with Crippen LogP contribution >= 0.6 is 23.4 Å². The molecule has 0 atom stereocenters. The summed E-state index contributed by atoms with van der Waals surface area (Å²) in [6.07, 6.45) is 5.33. The highest BCUT2D eigenvalue weighted by Crippen LogP contribution is 2.30. The number of nitrogens with one attached hydrogen (secondary N) is 1. The monoisotopic (exact) mass is 370 g/mol. The van der Waals surface area contributed by atoms with E-state index in [1.54, 1.807) is 36.4 Å². The predicted octanol–water partition coefficient (Wildman–Crippen LogP) is 5.00. The molecule has 25 heavy (non-hydrogen) atoms. The molecule has 0 radical (unpaired) electrons. The number of anilines is 1. The number of allylic oxidation sites excluding steroid dienone is 2. The largest absolute Gasteiger partial charge is 0.367 e. The maximum Gasteiger partial charge on any atom is 0.295 e. The lowest BCUT2D eigenvalue weighted by molar-refractivity contribution is -0.122. The van der Waals surface area contributed by atoms with E-state index in [0.717, 1.165) is 23.0 Å². The smallest absolute Gasteiger partial charge is 0.295 e. The molecule has 6 heteroatoms. The number of benzene rings is 2. The van der Waals surface area contributed by atoms with E-state index < -0.39 is 0 Å². The van der Waals surface area contributed by atoms with Gasteiger partial charge in [-0.05, 0) is 47.7 Å². The van der Waals surface area contributed by atoms with E-state index in [0.29, 0.717) is 9.93 Å². The minimum absolute atomic E-state index is 0.117. The van der Waals surface area contributed by atoms with Crippen LogP contribution in [0.3, 0.4) is 0 Å². The number of hydrogen-bond donors (Lipinski definition) is 1. The Morgan fingerprint density at radius 1 is 1.04 bits per heavy atom. The summed E-state index contributed by atoms with van der Waals surface area (Å²) in [5.41, 5.74) is 1.82. The Morgan fingerprint density at radius 3 is 2.48 bits per heavy atom. The number of amides is 2. The average Bonchev–Trinajstić information content (AvgIpc) is 2.89. The molecule has 1 N–H and O–H groups in total. The van der Waals surface area contributed by atoms with Crippen LogP contribution < -0.4 is 5.32 Å². The van der Waals surface area contributed by atoms with Gasteiger partial charge >= 0.3 is 0 Å². The Labute approximate surface area is 155 Å². The molecule has 2 aromatic rings. The summed E-state index contributed by atoms with van der Waals surface area (Å²) in [5, 5.41) is 3.39. The molecule has 2 amide bonds. The van der Waals surface area contributed by atoms with Crippen LogP contribution in [-0.4, -0.2) is 22.7 Å². The summed E-state index contributed by atoms with van der Waals surface area (Å²) in [6, 6.07) is 16.8. The van der Waals surface area contributed by atoms with E-state index in [4.69, 9.17) is 11.6 Å². The normalized spacial score (nSPS) is 16.2. The van der Waals surface area contributed by atoms with Gasteiger partial charge in [-0.2, -0.15) is 0 Å². The van der Waals surface area contributed by atoms with E-state index in [1.165, 1.54) is 4.90 Å². The van der Waals surface area contributed by atoms with Gasteiger partial charge in [0.2, 0.25) is 0 Å². The summed E-state index contributed by atoms with van der Waals surface area (Å²) in [7, 11) is 0. The summed E-state index contributed by atoms with van der Waals surface area (Å²) in [6.45, 7) is 0.117. The predicted molar refractivity (Wildman–Crippen MR) is 103 cm³/mol. The van der Waals surface area contributed by atoms with E-state index in [1.807, 2.05) is 36.4 Å².